The van der Waals surface area contributed by atoms with Crippen molar-refractivity contribution in [1.82, 2.24) is 10.2 Å². The van der Waals surface area contributed by atoms with Gasteiger partial charge in [-0.2, -0.15) is 0 Å². The van der Waals surface area contributed by atoms with Crippen molar-refractivity contribution in [3.8, 4) is 11.5 Å². The number of nitrogens with zero attached hydrogens (tertiary/aromatic N) is 2. The van der Waals surface area contributed by atoms with Gasteiger partial charge in [0.15, 0.2) is 0 Å². The van der Waals surface area contributed by atoms with Crippen LogP contribution in [0.25, 0.3) is 11.5 Å². The second-order valence-corrected chi connectivity index (χ2v) is 4.61. The summed E-state index contributed by atoms with van der Waals surface area (Å²) in [5.74, 6) is 1.11. The fraction of sp³-hybridized carbons (Fsp3) is 0.273. The lowest BCUT2D eigenvalue weighted by molar-refractivity contribution is 0.507. The zero-order valence-electron chi connectivity index (χ0n) is 8.28. The number of benzene rings is 1. The molecule has 5 heteroatoms. The molecule has 1 aromatic heterocycles. The molecule has 0 saturated heterocycles. The lowest BCUT2D eigenvalue weighted by Crippen LogP contribution is -1.83. The van der Waals surface area contributed by atoms with Crippen molar-refractivity contribution in [2.24, 2.45) is 0 Å². The predicted octanol–water partition coefficient (Wildman–Crippen LogP) is 3.52. The van der Waals surface area contributed by atoms with Gasteiger partial charge in [0, 0.05) is 5.92 Å². The molecule has 0 amide bonds. The number of rotatable bonds is 2. The van der Waals surface area contributed by atoms with Crippen LogP contribution in [-0.2, 0) is 0 Å². The van der Waals surface area contributed by atoms with Gasteiger partial charge in [0.05, 0.1) is 10.0 Å². The zero-order chi connectivity index (χ0) is 11.1. The number of aromatic nitrogens is 2. The molecule has 0 radical (unpaired) electrons. The second kappa shape index (κ2) is 3.66. The molecule has 1 aliphatic rings. The Morgan fingerprint density at radius 2 is 2.12 bits per heavy atom. The van der Waals surface area contributed by atoms with E-state index in [9.17, 15) is 4.39 Å². The van der Waals surface area contributed by atoms with Crippen LogP contribution in [0.2, 0.25) is 0 Å². The van der Waals surface area contributed by atoms with Crippen molar-refractivity contribution in [3.63, 3.8) is 0 Å². The SMILES string of the molecule is Fc1cccc(-c2nnc(C3CC3)o2)c1Br. The molecule has 2 aromatic rings. The molecule has 0 N–H and O–H groups in total. The van der Waals surface area contributed by atoms with Crippen LogP contribution in [0, 0.1) is 5.82 Å². The molecule has 1 aromatic carbocycles. The highest BCUT2D eigenvalue weighted by molar-refractivity contribution is 9.10. The zero-order valence-corrected chi connectivity index (χ0v) is 9.87. The van der Waals surface area contributed by atoms with Crippen molar-refractivity contribution in [2.45, 2.75) is 18.8 Å². The average Bonchev–Trinajstić information content (AvgIpc) is 3.02. The summed E-state index contributed by atoms with van der Waals surface area (Å²) < 4.78 is 19.2. The summed E-state index contributed by atoms with van der Waals surface area (Å²) in [5.41, 5.74) is 0.597. The van der Waals surface area contributed by atoms with Crippen LogP contribution < -0.4 is 0 Å². The minimum absolute atomic E-state index is 0.330. The van der Waals surface area contributed by atoms with Crippen LogP contribution in [0.5, 0.6) is 0 Å². The summed E-state index contributed by atoms with van der Waals surface area (Å²) in [5, 5.41) is 7.90. The van der Waals surface area contributed by atoms with E-state index in [4.69, 9.17) is 4.42 Å². The third-order valence-electron chi connectivity index (χ3n) is 2.55. The van der Waals surface area contributed by atoms with Crippen LogP contribution in [-0.4, -0.2) is 10.2 Å². The number of hydrogen-bond acceptors (Lipinski definition) is 3. The molecule has 0 spiro atoms. The van der Waals surface area contributed by atoms with Crippen LogP contribution in [0.1, 0.15) is 24.7 Å². The van der Waals surface area contributed by atoms with Gasteiger partial charge in [-0.1, -0.05) is 6.07 Å². The first-order valence-corrected chi connectivity index (χ1v) is 5.83. The number of halogens is 2. The molecule has 3 rings (SSSR count). The summed E-state index contributed by atoms with van der Waals surface area (Å²) in [7, 11) is 0. The third-order valence-corrected chi connectivity index (χ3v) is 3.36. The molecule has 1 heterocycles. The van der Waals surface area contributed by atoms with Crippen molar-refractivity contribution < 1.29 is 8.81 Å². The molecule has 82 valence electrons. The topological polar surface area (TPSA) is 38.9 Å². The average molecular weight is 283 g/mol. The summed E-state index contributed by atoms with van der Waals surface area (Å²) in [6.07, 6.45) is 2.21. The van der Waals surface area contributed by atoms with Gasteiger partial charge in [-0.05, 0) is 40.9 Å². The number of hydrogen-bond donors (Lipinski definition) is 0. The predicted molar refractivity (Wildman–Crippen MR) is 59.4 cm³/mol. The molecular formula is C11H8BrFN2O. The Kier molecular flexibility index (Phi) is 2.28. The quantitative estimate of drug-likeness (QED) is 0.846. The first-order valence-electron chi connectivity index (χ1n) is 5.03. The molecule has 1 saturated carbocycles. The van der Waals surface area contributed by atoms with E-state index in [0.717, 1.165) is 12.8 Å². The van der Waals surface area contributed by atoms with Gasteiger partial charge in [-0.3, -0.25) is 0 Å². The Hall–Kier alpha value is -1.23. The normalized spacial score (nSPS) is 15.4. The van der Waals surface area contributed by atoms with Gasteiger partial charge in [0.2, 0.25) is 11.8 Å². The van der Waals surface area contributed by atoms with Crippen molar-refractivity contribution in [2.75, 3.05) is 0 Å². The Morgan fingerprint density at radius 3 is 2.88 bits per heavy atom. The van der Waals surface area contributed by atoms with Gasteiger partial charge in [-0.25, -0.2) is 4.39 Å². The van der Waals surface area contributed by atoms with Gasteiger partial charge < -0.3 is 4.42 Å². The summed E-state index contributed by atoms with van der Waals surface area (Å²) in [4.78, 5) is 0. The van der Waals surface area contributed by atoms with Crippen LogP contribution in [0.4, 0.5) is 4.39 Å². The fourth-order valence-electron chi connectivity index (χ4n) is 1.51. The summed E-state index contributed by atoms with van der Waals surface area (Å²) in [6, 6.07) is 4.75. The first-order chi connectivity index (χ1) is 7.75. The Bertz CT molecular complexity index is 537. The van der Waals surface area contributed by atoms with Gasteiger partial charge >= 0.3 is 0 Å². The van der Waals surface area contributed by atoms with Crippen molar-refractivity contribution >= 4 is 15.9 Å². The molecular weight excluding hydrogens is 275 g/mol. The molecule has 0 aliphatic heterocycles. The molecule has 0 bridgehead atoms. The minimum Gasteiger partial charge on any atom is -0.420 e. The maximum atomic E-state index is 13.3. The molecule has 0 unspecified atom stereocenters. The molecule has 0 atom stereocenters. The molecule has 3 nitrogen and oxygen atoms in total. The van der Waals surface area contributed by atoms with Crippen molar-refractivity contribution in [3.05, 3.63) is 34.4 Å². The Labute approximate surface area is 99.8 Å². The van der Waals surface area contributed by atoms with E-state index in [2.05, 4.69) is 26.1 Å². The lowest BCUT2D eigenvalue weighted by atomic mass is 10.2. The van der Waals surface area contributed by atoms with E-state index in [1.165, 1.54) is 6.07 Å². The monoisotopic (exact) mass is 282 g/mol. The molecule has 1 fully saturated rings. The van der Waals surface area contributed by atoms with E-state index in [1.54, 1.807) is 12.1 Å². The van der Waals surface area contributed by atoms with E-state index in [0.29, 0.717) is 27.7 Å². The highest BCUT2D eigenvalue weighted by atomic mass is 79.9. The maximum Gasteiger partial charge on any atom is 0.248 e. The lowest BCUT2D eigenvalue weighted by Gasteiger charge is -1.99. The molecule has 16 heavy (non-hydrogen) atoms. The van der Waals surface area contributed by atoms with E-state index in [1.807, 2.05) is 0 Å². The van der Waals surface area contributed by atoms with E-state index >= 15 is 0 Å². The highest BCUT2D eigenvalue weighted by Gasteiger charge is 2.29. The van der Waals surface area contributed by atoms with Crippen LogP contribution >= 0.6 is 15.9 Å². The van der Waals surface area contributed by atoms with Gasteiger partial charge in [-0.15, -0.1) is 10.2 Å². The largest absolute Gasteiger partial charge is 0.420 e. The van der Waals surface area contributed by atoms with Gasteiger partial charge in [0.25, 0.3) is 0 Å². The maximum absolute atomic E-state index is 13.3. The highest BCUT2D eigenvalue weighted by Crippen LogP contribution is 2.40. The standard InChI is InChI=1S/C11H8BrFN2O/c12-9-7(2-1-3-8(9)13)11-15-14-10(16-11)6-4-5-6/h1-3,6H,4-5H2. The van der Waals surface area contributed by atoms with Crippen LogP contribution in [0.3, 0.4) is 0 Å². The second-order valence-electron chi connectivity index (χ2n) is 3.82. The van der Waals surface area contributed by atoms with Crippen LogP contribution in [0.15, 0.2) is 27.1 Å². The smallest absolute Gasteiger partial charge is 0.248 e. The third kappa shape index (κ3) is 1.65. The summed E-state index contributed by atoms with van der Waals surface area (Å²) >= 11 is 3.18. The van der Waals surface area contributed by atoms with Crippen molar-refractivity contribution in [1.29, 1.82) is 0 Å². The van der Waals surface area contributed by atoms with Gasteiger partial charge in [0.1, 0.15) is 5.82 Å². The Morgan fingerprint density at radius 1 is 1.31 bits per heavy atom. The fourth-order valence-corrected chi connectivity index (χ4v) is 1.94. The summed E-state index contributed by atoms with van der Waals surface area (Å²) in [6.45, 7) is 0. The van der Waals surface area contributed by atoms with E-state index < -0.39 is 0 Å². The minimum atomic E-state index is -0.330. The van der Waals surface area contributed by atoms with E-state index in [-0.39, 0.29) is 5.82 Å². The first kappa shape index (κ1) is 9.96. The molecule has 1 aliphatic carbocycles. The Balaban J connectivity index is 2.03.